The molecule has 0 bridgehead atoms. The number of halogens is 1. The molecule has 1 aromatic rings. The highest BCUT2D eigenvalue weighted by molar-refractivity contribution is 5.99. The molecule has 4 heteroatoms. The third kappa shape index (κ3) is 4.11. The fourth-order valence-electron chi connectivity index (χ4n) is 2.43. The summed E-state index contributed by atoms with van der Waals surface area (Å²) in [5, 5.41) is 9.90. The largest absolute Gasteiger partial charge is 0.385 e. The number of aliphatic hydroxyl groups is 1. The van der Waals surface area contributed by atoms with Gasteiger partial charge in [0.25, 0.3) is 0 Å². The van der Waals surface area contributed by atoms with Gasteiger partial charge in [-0.2, -0.15) is 0 Å². The van der Waals surface area contributed by atoms with E-state index in [2.05, 4.69) is 4.90 Å². The van der Waals surface area contributed by atoms with Gasteiger partial charge in [0.1, 0.15) is 11.9 Å². The molecule has 3 nitrogen and oxygen atoms in total. The first-order valence-corrected chi connectivity index (χ1v) is 6.87. The summed E-state index contributed by atoms with van der Waals surface area (Å²) < 4.78 is 12.8. The van der Waals surface area contributed by atoms with E-state index < -0.39 is 6.10 Å². The lowest BCUT2D eigenvalue weighted by molar-refractivity contribution is 0.0695. The highest BCUT2D eigenvalue weighted by Gasteiger charge is 2.19. The van der Waals surface area contributed by atoms with Crippen molar-refractivity contribution in [3.8, 4) is 0 Å². The van der Waals surface area contributed by atoms with Crippen molar-refractivity contribution >= 4 is 5.78 Å². The number of carbonyl (C=O) groups is 1. The van der Waals surface area contributed by atoms with Crippen LogP contribution in [-0.4, -0.2) is 41.5 Å². The topological polar surface area (TPSA) is 40.5 Å². The first kappa shape index (κ1) is 14.2. The van der Waals surface area contributed by atoms with Crippen molar-refractivity contribution in [1.29, 1.82) is 0 Å². The zero-order valence-electron chi connectivity index (χ0n) is 11.0. The van der Waals surface area contributed by atoms with Crippen molar-refractivity contribution < 1.29 is 14.3 Å². The zero-order valence-corrected chi connectivity index (χ0v) is 11.0. The van der Waals surface area contributed by atoms with E-state index in [1.807, 2.05) is 0 Å². The number of benzene rings is 1. The predicted octanol–water partition coefficient (Wildman–Crippen LogP) is 2.25. The third-order valence-corrected chi connectivity index (χ3v) is 3.60. The van der Waals surface area contributed by atoms with Crippen LogP contribution in [0.25, 0.3) is 0 Å². The lowest BCUT2D eigenvalue weighted by Gasteiger charge is -2.27. The monoisotopic (exact) mass is 265 g/mol. The number of rotatable bonds is 5. The molecule has 0 saturated carbocycles. The van der Waals surface area contributed by atoms with Gasteiger partial charge in [0.2, 0.25) is 0 Å². The summed E-state index contributed by atoms with van der Waals surface area (Å²) in [4.78, 5) is 14.2. The van der Waals surface area contributed by atoms with Gasteiger partial charge >= 0.3 is 0 Å². The van der Waals surface area contributed by atoms with Crippen LogP contribution in [0.4, 0.5) is 4.39 Å². The standard InChI is InChI=1S/C15H20FNO2/c16-13-6-4-12(5-7-13)15(19)14(18)8-11-17-9-2-1-3-10-17/h4-7,14,18H,1-3,8-11H2. The van der Waals surface area contributed by atoms with Crippen LogP contribution in [-0.2, 0) is 0 Å². The SMILES string of the molecule is O=C(c1ccc(F)cc1)C(O)CCN1CCCCC1. The molecule has 104 valence electrons. The van der Waals surface area contributed by atoms with E-state index in [9.17, 15) is 14.3 Å². The fraction of sp³-hybridized carbons (Fsp3) is 0.533. The maximum absolute atomic E-state index is 12.8. The van der Waals surface area contributed by atoms with Gasteiger partial charge in [0.15, 0.2) is 5.78 Å². The van der Waals surface area contributed by atoms with Crippen LogP contribution in [0.5, 0.6) is 0 Å². The van der Waals surface area contributed by atoms with Crippen molar-refractivity contribution in [3.05, 3.63) is 35.6 Å². The Hall–Kier alpha value is -1.26. The normalized spacial score (nSPS) is 18.2. The summed E-state index contributed by atoms with van der Waals surface area (Å²) in [7, 11) is 0. The Morgan fingerprint density at radius 1 is 1.21 bits per heavy atom. The molecular formula is C15H20FNO2. The minimum Gasteiger partial charge on any atom is -0.385 e. The van der Waals surface area contributed by atoms with E-state index in [4.69, 9.17) is 0 Å². The summed E-state index contributed by atoms with van der Waals surface area (Å²) in [5.41, 5.74) is 0.368. The van der Waals surface area contributed by atoms with Crippen LogP contribution >= 0.6 is 0 Å². The van der Waals surface area contributed by atoms with Crippen molar-refractivity contribution in [1.82, 2.24) is 4.90 Å². The van der Waals surface area contributed by atoms with Gasteiger partial charge in [0, 0.05) is 12.1 Å². The lowest BCUT2D eigenvalue weighted by Crippen LogP contribution is -2.34. The number of nitrogens with zero attached hydrogens (tertiary/aromatic N) is 1. The maximum atomic E-state index is 12.8. The molecule has 1 aliphatic rings. The van der Waals surface area contributed by atoms with Crippen molar-refractivity contribution in [3.63, 3.8) is 0 Å². The second-order valence-corrected chi connectivity index (χ2v) is 5.08. The second-order valence-electron chi connectivity index (χ2n) is 5.08. The first-order chi connectivity index (χ1) is 9.16. The molecule has 2 rings (SSSR count). The highest BCUT2D eigenvalue weighted by atomic mass is 19.1. The average Bonchev–Trinajstić information content (AvgIpc) is 2.46. The molecule has 1 saturated heterocycles. The summed E-state index contributed by atoms with van der Waals surface area (Å²) in [6.07, 6.45) is 3.11. The van der Waals surface area contributed by atoms with Gasteiger partial charge in [-0.05, 0) is 56.6 Å². The number of Topliss-reactive ketones (excluding diaryl/α,β-unsaturated/α-hetero) is 1. The molecular weight excluding hydrogens is 245 g/mol. The molecule has 0 amide bonds. The second kappa shape index (κ2) is 6.78. The maximum Gasteiger partial charge on any atom is 0.191 e. The van der Waals surface area contributed by atoms with E-state index in [-0.39, 0.29) is 11.6 Å². The molecule has 1 aromatic carbocycles. The summed E-state index contributed by atoms with van der Waals surface area (Å²) in [6, 6.07) is 5.32. The number of aliphatic hydroxyl groups excluding tert-OH is 1. The summed E-state index contributed by atoms with van der Waals surface area (Å²) in [6.45, 7) is 2.85. The molecule has 0 aromatic heterocycles. The van der Waals surface area contributed by atoms with Crippen molar-refractivity contribution in [2.24, 2.45) is 0 Å². The van der Waals surface area contributed by atoms with Crippen LogP contribution < -0.4 is 0 Å². The Balaban J connectivity index is 1.83. The number of likely N-dealkylation sites (tertiary alicyclic amines) is 1. The highest BCUT2D eigenvalue weighted by Crippen LogP contribution is 2.12. The Morgan fingerprint density at radius 3 is 2.47 bits per heavy atom. The molecule has 0 spiro atoms. The van der Waals surface area contributed by atoms with Crippen LogP contribution in [0.15, 0.2) is 24.3 Å². The van der Waals surface area contributed by atoms with Crippen LogP contribution in [0.3, 0.4) is 0 Å². The van der Waals surface area contributed by atoms with E-state index in [0.29, 0.717) is 12.0 Å². The number of ketones is 1. The third-order valence-electron chi connectivity index (χ3n) is 3.60. The van der Waals surface area contributed by atoms with E-state index in [1.165, 1.54) is 43.5 Å². The first-order valence-electron chi connectivity index (χ1n) is 6.87. The van der Waals surface area contributed by atoms with Crippen molar-refractivity contribution in [2.45, 2.75) is 31.8 Å². The van der Waals surface area contributed by atoms with Gasteiger partial charge in [-0.25, -0.2) is 4.39 Å². The van der Waals surface area contributed by atoms with Crippen LogP contribution in [0, 0.1) is 5.82 Å². The number of piperidine rings is 1. The zero-order chi connectivity index (χ0) is 13.7. The van der Waals surface area contributed by atoms with Gasteiger partial charge in [-0.1, -0.05) is 6.42 Å². The van der Waals surface area contributed by atoms with Gasteiger partial charge in [0.05, 0.1) is 0 Å². The predicted molar refractivity (Wildman–Crippen MR) is 71.6 cm³/mol. The molecule has 1 atom stereocenters. The van der Waals surface area contributed by atoms with Crippen LogP contribution in [0.1, 0.15) is 36.0 Å². The van der Waals surface area contributed by atoms with E-state index in [1.54, 1.807) is 0 Å². The lowest BCUT2D eigenvalue weighted by atomic mass is 10.0. The smallest absolute Gasteiger partial charge is 0.191 e. The molecule has 1 aliphatic heterocycles. The summed E-state index contributed by atoms with van der Waals surface area (Å²) >= 11 is 0. The minimum absolute atomic E-state index is 0.322. The van der Waals surface area contributed by atoms with E-state index in [0.717, 1.165) is 19.6 Å². The quantitative estimate of drug-likeness (QED) is 0.830. The van der Waals surface area contributed by atoms with Crippen LogP contribution in [0.2, 0.25) is 0 Å². The van der Waals surface area contributed by atoms with Gasteiger partial charge in [-0.15, -0.1) is 0 Å². The van der Waals surface area contributed by atoms with E-state index >= 15 is 0 Å². The molecule has 1 N–H and O–H groups in total. The molecule has 0 radical (unpaired) electrons. The molecule has 1 fully saturated rings. The average molecular weight is 265 g/mol. The van der Waals surface area contributed by atoms with Crippen molar-refractivity contribution in [2.75, 3.05) is 19.6 Å². The Labute approximate surface area is 113 Å². The fourth-order valence-corrected chi connectivity index (χ4v) is 2.43. The number of hydrogen-bond donors (Lipinski definition) is 1. The number of carbonyl (C=O) groups excluding carboxylic acids is 1. The van der Waals surface area contributed by atoms with Gasteiger partial charge in [-0.3, -0.25) is 4.79 Å². The molecule has 1 unspecified atom stereocenters. The minimum atomic E-state index is -0.993. The number of hydrogen-bond acceptors (Lipinski definition) is 3. The Kier molecular flexibility index (Phi) is 5.05. The molecule has 19 heavy (non-hydrogen) atoms. The Morgan fingerprint density at radius 2 is 1.84 bits per heavy atom. The molecule has 0 aliphatic carbocycles. The summed E-state index contributed by atoms with van der Waals surface area (Å²) in [5.74, 6) is -0.698. The van der Waals surface area contributed by atoms with Gasteiger partial charge < -0.3 is 10.0 Å². The molecule has 1 heterocycles. The Bertz CT molecular complexity index is 413.